The Balaban J connectivity index is 0.00000312. The van der Waals surface area contributed by atoms with Crippen molar-refractivity contribution >= 4 is 29.9 Å². The van der Waals surface area contributed by atoms with Crippen molar-refractivity contribution in [3.8, 4) is 5.75 Å². The Morgan fingerprint density at radius 1 is 1.08 bits per heavy atom. The van der Waals surface area contributed by atoms with Gasteiger partial charge in [0.1, 0.15) is 11.6 Å². The summed E-state index contributed by atoms with van der Waals surface area (Å²) in [5.74, 6) is 1.36. The van der Waals surface area contributed by atoms with Gasteiger partial charge in [-0.25, -0.2) is 9.38 Å². The normalized spacial score (nSPS) is 10.8. The van der Waals surface area contributed by atoms with E-state index >= 15 is 0 Å². The molecule has 2 aromatic carbocycles. The van der Waals surface area contributed by atoms with Crippen LogP contribution in [-0.4, -0.2) is 19.6 Å². The Morgan fingerprint density at radius 3 is 2.40 bits per heavy atom. The van der Waals surface area contributed by atoms with Crippen LogP contribution >= 0.6 is 24.0 Å². The van der Waals surface area contributed by atoms with Crippen molar-refractivity contribution in [2.24, 2.45) is 4.99 Å². The number of hydrogen-bond donors (Lipinski definition) is 2. The molecule has 0 spiro atoms. The molecule has 0 aliphatic heterocycles. The largest absolute Gasteiger partial charge is 0.496 e. The van der Waals surface area contributed by atoms with Gasteiger partial charge in [-0.15, -0.1) is 24.0 Å². The zero-order valence-electron chi connectivity index (χ0n) is 14.8. The van der Waals surface area contributed by atoms with E-state index in [9.17, 15) is 4.39 Å². The van der Waals surface area contributed by atoms with Gasteiger partial charge in [-0.1, -0.05) is 24.3 Å². The minimum atomic E-state index is -0.229. The summed E-state index contributed by atoms with van der Waals surface area (Å²) in [5, 5.41) is 6.46. The third kappa shape index (κ3) is 6.89. The van der Waals surface area contributed by atoms with Crippen molar-refractivity contribution in [3.63, 3.8) is 0 Å². The van der Waals surface area contributed by atoms with Crippen LogP contribution < -0.4 is 15.4 Å². The zero-order chi connectivity index (χ0) is 17.4. The summed E-state index contributed by atoms with van der Waals surface area (Å²) in [4.78, 5) is 4.59. The van der Waals surface area contributed by atoms with Gasteiger partial charge in [0.25, 0.3) is 0 Å². The maximum Gasteiger partial charge on any atom is 0.191 e. The smallest absolute Gasteiger partial charge is 0.191 e. The summed E-state index contributed by atoms with van der Waals surface area (Å²) in [6, 6.07) is 12.5. The zero-order valence-corrected chi connectivity index (χ0v) is 17.1. The van der Waals surface area contributed by atoms with E-state index in [0.29, 0.717) is 13.1 Å². The van der Waals surface area contributed by atoms with Gasteiger partial charge in [0.05, 0.1) is 13.7 Å². The van der Waals surface area contributed by atoms with E-state index in [4.69, 9.17) is 4.74 Å². The minimum Gasteiger partial charge on any atom is -0.496 e. The maximum atomic E-state index is 12.9. The molecule has 0 unspecified atom stereocenters. The predicted molar refractivity (Wildman–Crippen MR) is 111 cm³/mol. The van der Waals surface area contributed by atoms with Crippen LogP contribution in [0, 0.1) is 12.7 Å². The molecule has 0 radical (unpaired) electrons. The summed E-state index contributed by atoms with van der Waals surface area (Å²) in [6.07, 6.45) is 0. The monoisotopic (exact) mass is 457 g/mol. The highest BCUT2D eigenvalue weighted by molar-refractivity contribution is 14.0. The van der Waals surface area contributed by atoms with Crippen LogP contribution in [0.2, 0.25) is 0 Å². The fourth-order valence-electron chi connectivity index (χ4n) is 2.26. The van der Waals surface area contributed by atoms with Crippen molar-refractivity contribution in [2.45, 2.75) is 26.9 Å². The summed E-state index contributed by atoms with van der Waals surface area (Å²) in [6.45, 7) is 5.94. The molecule has 0 saturated heterocycles. The second-order valence-electron chi connectivity index (χ2n) is 5.48. The predicted octanol–water partition coefficient (Wildman–Crippen LogP) is 4.02. The molecule has 2 N–H and O–H groups in total. The number of aliphatic imine (C=N–C) groups is 1. The number of nitrogens with one attached hydrogen (secondary N) is 2. The highest BCUT2D eigenvalue weighted by Gasteiger charge is 2.02. The number of guanidine groups is 1. The van der Waals surface area contributed by atoms with Gasteiger partial charge in [0.2, 0.25) is 0 Å². The molecule has 0 aromatic heterocycles. The first-order valence-corrected chi connectivity index (χ1v) is 8.02. The van der Waals surface area contributed by atoms with Gasteiger partial charge in [0.15, 0.2) is 5.96 Å². The lowest BCUT2D eigenvalue weighted by molar-refractivity contribution is 0.411. The molecule has 2 aromatic rings. The molecular weight excluding hydrogens is 432 g/mol. The molecule has 0 atom stereocenters. The van der Waals surface area contributed by atoms with Crippen LogP contribution in [-0.2, 0) is 13.1 Å². The van der Waals surface area contributed by atoms with Crippen molar-refractivity contribution in [2.75, 3.05) is 13.7 Å². The molecule has 0 saturated carbocycles. The van der Waals surface area contributed by atoms with E-state index in [1.165, 1.54) is 12.1 Å². The first kappa shape index (κ1) is 21.2. The Kier molecular flexibility index (Phi) is 9.26. The lowest BCUT2D eigenvalue weighted by atomic mass is 10.1. The van der Waals surface area contributed by atoms with Gasteiger partial charge < -0.3 is 15.4 Å². The molecule has 0 fully saturated rings. The maximum absolute atomic E-state index is 12.9. The fourth-order valence-corrected chi connectivity index (χ4v) is 2.26. The highest BCUT2D eigenvalue weighted by Crippen LogP contribution is 2.19. The fraction of sp³-hybridized carbons (Fsp3) is 0.316. The molecule has 25 heavy (non-hydrogen) atoms. The topological polar surface area (TPSA) is 45.7 Å². The van der Waals surface area contributed by atoms with Crippen LogP contribution in [0.5, 0.6) is 5.75 Å². The molecule has 4 nitrogen and oxygen atoms in total. The van der Waals surface area contributed by atoms with Crippen LogP contribution in [0.3, 0.4) is 0 Å². The molecular formula is C19H25FIN3O. The Bertz CT molecular complexity index is 690. The lowest BCUT2D eigenvalue weighted by Crippen LogP contribution is -2.36. The SMILES string of the molecule is CCNC(=NCc1ccc(C)c(OC)c1)NCc1ccc(F)cc1.I. The number of rotatable bonds is 6. The third-order valence-electron chi connectivity index (χ3n) is 3.61. The molecule has 6 heteroatoms. The molecule has 136 valence electrons. The minimum absolute atomic E-state index is 0. The molecule has 0 amide bonds. The van der Waals surface area contributed by atoms with E-state index in [-0.39, 0.29) is 29.8 Å². The average molecular weight is 457 g/mol. The summed E-state index contributed by atoms with van der Waals surface area (Å²) < 4.78 is 18.3. The number of methoxy groups -OCH3 is 1. The van der Waals surface area contributed by atoms with Crippen LogP contribution in [0.4, 0.5) is 4.39 Å². The Hall–Kier alpha value is -1.83. The number of aryl methyl sites for hydroxylation is 1. The summed E-state index contributed by atoms with van der Waals surface area (Å²) in [7, 11) is 1.67. The van der Waals surface area contributed by atoms with Crippen LogP contribution in [0.1, 0.15) is 23.6 Å². The van der Waals surface area contributed by atoms with Crippen LogP contribution in [0.15, 0.2) is 47.5 Å². The van der Waals surface area contributed by atoms with Gasteiger partial charge in [-0.3, -0.25) is 0 Å². The van der Waals surface area contributed by atoms with Crippen molar-refractivity contribution in [3.05, 3.63) is 65.0 Å². The van der Waals surface area contributed by atoms with Crippen LogP contribution in [0.25, 0.3) is 0 Å². The van der Waals surface area contributed by atoms with Crippen molar-refractivity contribution in [1.82, 2.24) is 10.6 Å². The number of hydrogen-bond acceptors (Lipinski definition) is 2. The second kappa shape index (κ2) is 10.9. The van der Waals surface area contributed by atoms with E-state index in [1.807, 2.05) is 32.0 Å². The summed E-state index contributed by atoms with van der Waals surface area (Å²) >= 11 is 0. The number of halogens is 2. The standard InChI is InChI=1S/C19H24FN3O.HI/c1-4-21-19(22-12-15-7-9-17(20)10-8-15)23-13-16-6-5-14(2)18(11-16)24-3;/h5-11H,4,12-13H2,1-3H3,(H2,21,22,23);1H. The average Bonchev–Trinajstić information content (AvgIpc) is 2.60. The number of nitrogens with zero attached hydrogens (tertiary/aromatic N) is 1. The highest BCUT2D eigenvalue weighted by atomic mass is 127. The molecule has 0 aliphatic carbocycles. The molecule has 0 bridgehead atoms. The number of ether oxygens (including phenoxy) is 1. The van der Waals surface area contributed by atoms with Gasteiger partial charge in [0, 0.05) is 13.1 Å². The Morgan fingerprint density at radius 2 is 1.76 bits per heavy atom. The second-order valence-corrected chi connectivity index (χ2v) is 5.48. The van der Waals surface area contributed by atoms with E-state index < -0.39 is 0 Å². The lowest BCUT2D eigenvalue weighted by Gasteiger charge is -2.12. The number of benzene rings is 2. The first-order valence-electron chi connectivity index (χ1n) is 8.02. The van der Waals surface area contributed by atoms with Crippen molar-refractivity contribution < 1.29 is 9.13 Å². The molecule has 0 heterocycles. The first-order chi connectivity index (χ1) is 11.6. The van der Waals surface area contributed by atoms with E-state index in [1.54, 1.807) is 19.2 Å². The van der Waals surface area contributed by atoms with E-state index in [0.717, 1.165) is 34.9 Å². The van der Waals surface area contributed by atoms with Gasteiger partial charge in [-0.05, 0) is 48.7 Å². The Labute approximate surface area is 165 Å². The quantitative estimate of drug-likeness (QED) is 0.392. The molecule has 0 aliphatic rings. The molecule has 2 rings (SSSR count). The third-order valence-corrected chi connectivity index (χ3v) is 3.61. The summed E-state index contributed by atoms with van der Waals surface area (Å²) in [5.41, 5.74) is 3.18. The van der Waals surface area contributed by atoms with E-state index in [2.05, 4.69) is 15.6 Å². The van der Waals surface area contributed by atoms with Gasteiger partial charge >= 0.3 is 0 Å². The van der Waals surface area contributed by atoms with Crippen molar-refractivity contribution in [1.29, 1.82) is 0 Å². The van der Waals surface area contributed by atoms with Gasteiger partial charge in [-0.2, -0.15) is 0 Å².